The van der Waals surface area contributed by atoms with Gasteiger partial charge in [-0.05, 0) is 51.7 Å². The minimum Gasteiger partial charge on any atom is -0.444 e. The molecule has 3 heterocycles. The van der Waals surface area contributed by atoms with Crippen LogP contribution in [-0.2, 0) is 30.2 Å². The van der Waals surface area contributed by atoms with E-state index in [4.69, 9.17) is 14.2 Å². The molecule has 0 bridgehead atoms. The predicted octanol–water partition coefficient (Wildman–Crippen LogP) is 1.26. The lowest BCUT2D eigenvalue weighted by Crippen LogP contribution is -2.54. The van der Waals surface area contributed by atoms with E-state index in [0.29, 0.717) is 51.3 Å². The number of benzene rings is 1. The molecule has 0 aromatic heterocycles. The van der Waals surface area contributed by atoms with Crippen molar-refractivity contribution in [3.63, 3.8) is 0 Å². The number of morpholine rings is 1. The molecule has 0 spiro atoms. The molecule has 40 heavy (non-hydrogen) atoms. The van der Waals surface area contributed by atoms with Crippen molar-refractivity contribution in [2.24, 2.45) is 0 Å². The number of imide groups is 2. The highest BCUT2D eigenvalue weighted by Crippen LogP contribution is 2.30. The van der Waals surface area contributed by atoms with E-state index in [1.807, 2.05) is 26.8 Å². The second-order valence-corrected chi connectivity index (χ2v) is 11.2. The van der Waals surface area contributed by atoms with E-state index in [1.165, 1.54) is 0 Å². The lowest BCUT2D eigenvalue weighted by Gasteiger charge is -2.33. The number of ether oxygens (including phenoxy) is 3. The molecule has 0 radical (unpaired) electrons. The van der Waals surface area contributed by atoms with E-state index in [0.717, 1.165) is 23.6 Å². The van der Waals surface area contributed by atoms with Crippen LogP contribution < -0.4 is 10.6 Å². The molecule has 12 nitrogen and oxygen atoms in total. The highest BCUT2D eigenvalue weighted by Gasteiger charge is 2.45. The minimum atomic E-state index is -0.978. The van der Waals surface area contributed by atoms with Gasteiger partial charge in [0.25, 0.3) is 11.8 Å². The lowest BCUT2D eigenvalue weighted by molar-refractivity contribution is -0.136. The fraction of sp³-hybridized carbons (Fsp3) is 0.607. The third-order valence-corrected chi connectivity index (χ3v) is 6.94. The molecule has 12 heteroatoms. The van der Waals surface area contributed by atoms with Gasteiger partial charge in [0.2, 0.25) is 11.8 Å². The highest BCUT2D eigenvalue weighted by atomic mass is 16.6. The summed E-state index contributed by atoms with van der Waals surface area (Å²) in [5.41, 5.74) is 0.806. The van der Waals surface area contributed by atoms with Crippen molar-refractivity contribution in [1.82, 2.24) is 20.4 Å². The van der Waals surface area contributed by atoms with Crippen molar-refractivity contribution >= 4 is 29.7 Å². The molecular weight excluding hydrogens is 520 g/mol. The summed E-state index contributed by atoms with van der Waals surface area (Å²) in [5, 5.41) is 4.97. The molecule has 5 amide bonds. The fourth-order valence-corrected chi connectivity index (χ4v) is 5.07. The summed E-state index contributed by atoms with van der Waals surface area (Å²) in [5.74, 6) is -2.01. The summed E-state index contributed by atoms with van der Waals surface area (Å²) >= 11 is 0. The van der Waals surface area contributed by atoms with Gasteiger partial charge >= 0.3 is 6.09 Å². The number of hydrogen-bond donors (Lipinski definition) is 2. The maximum atomic E-state index is 13.2. The summed E-state index contributed by atoms with van der Waals surface area (Å²) in [7, 11) is 0. The number of fused-ring (bicyclic) bond motifs is 1. The van der Waals surface area contributed by atoms with Gasteiger partial charge in [0.15, 0.2) is 0 Å². The fourth-order valence-electron chi connectivity index (χ4n) is 5.07. The topological polar surface area (TPSA) is 144 Å². The molecule has 2 N–H and O–H groups in total. The molecule has 1 aromatic rings. The molecule has 1 aromatic carbocycles. The van der Waals surface area contributed by atoms with Crippen molar-refractivity contribution in [2.75, 3.05) is 46.0 Å². The molecule has 4 rings (SSSR count). The van der Waals surface area contributed by atoms with Crippen LogP contribution in [0.1, 0.15) is 66.3 Å². The van der Waals surface area contributed by atoms with Gasteiger partial charge in [-0.25, -0.2) is 4.79 Å². The molecule has 3 aliphatic rings. The quantitative estimate of drug-likeness (QED) is 0.320. The monoisotopic (exact) mass is 558 g/mol. The summed E-state index contributed by atoms with van der Waals surface area (Å²) < 4.78 is 16.8. The van der Waals surface area contributed by atoms with Crippen LogP contribution in [0, 0.1) is 0 Å². The minimum absolute atomic E-state index is 0.0854. The molecular formula is C28H38N4O8. The molecule has 0 aliphatic carbocycles. The number of carbonyl (C=O) groups is 5. The smallest absolute Gasteiger partial charge is 0.407 e. The van der Waals surface area contributed by atoms with Crippen LogP contribution in [-0.4, -0.2) is 103 Å². The van der Waals surface area contributed by atoms with Crippen LogP contribution in [0.4, 0.5) is 4.79 Å². The SMILES string of the molecule is CC(C)(C)OC(=O)NC[C@H]1CN(CCOCCCc2cccc3c2C(=O)N(C2CCC(=O)NC2=O)C3=O)CCO1. The predicted molar refractivity (Wildman–Crippen MR) is 143 cm³/mol. The number of amides is 5. The highest BCUT2D eigenvalue weighted by molar-refractivity contribution is 6.24. The van der Waals surface area contributed by atoms with Gasteiger partial charge in [-0.3, -0.25) is 34.3 Å². The zero-order valence-corrected chi connectivity index (χ0v) is 23.3. The zero-order chi connectivity index (χ0) is 28.9. The van der Waals surface area contributed by atoms with Gasteiger partial charge in [0.1, 0.15) is 11.6 Å². The van der Waals surface area contributed by atoms with E-state index in [1.54, 1.807) is 12.1 Å². The largest absolute Gasteiger partial charge is 0.444 e. The van der Waals surface area contributed by atoms with Gasteiger partial charge in [0.05, 0.1) is 30.4 Å². The van der Waals surface area contributed by atoms with Crippen molar-refractivity contribution in [3.05, 3.63) is 34.9 Å². The van der Waals surface area contributed by atoms with Crippen LogP contribution in [0.3, 0.4) is 0 Å². The second-order valence-electron chi connectivity index (χ2n) is 11.2. The van der Waals surface area contributed by atoms with Crippen LogP contribution in [0.15, 0.2) is 18.2 Å². The summed E-state index contributed by atoms with van der Waals surface area (Å²) in [4.78, 5) is 65.1. The number of aryl methyl sites for hydroxylation is 1. The van der Waals surface area contributed by atoms with Crippen molar-refractivity contribution in [3.8, 4) is 0 Å². The summed E-state index contributed by atoms with van der Waals surface area (Å²) in [6.07, 6.45) is 0.825. The maximum absolute atomic E-state index is 13.2. The Morgan fingerprint density at radius 1 is 1.15 bits per heavy atom. The molecule has 3 aliphatic heterocycles. The van der Waals surface area contributed by atoms with E-state index >= 15 is 0 Å². The van der Waals surface area contributed by atoms with E-state index in [9.17, 15) is 24.0 Å². The second kappa shape index (κ2) is 12.9. The number of alkyl carbamates (subject to hydrolysis) is 1. The Balaban J connectivity index is 1.19. The Hall–Kier alpha value is -3.35. The first-order chi connectivity index (χ1) is 19.0. The average Bonchev–Trinajstić information content (AvgIpc) is 3.14. The number of nitrogens with zero attached hydrogens (tertiary/aromatic N) is 2. The Morgan fingerprint density at radius 3 is 2.70 bits per heavy atom. The number of nitrogens with one attached hydrogen (secondary N) is 2. The number of hydrogen-bond acceptors (Lipinski definition) is 9. The maximum Gasteiger partial charge on any atom is 0.407 e. The number of rotatable bonds is 10. The first-order valence-corrected chi connectivity index (χ1v) is 13.8. The lowest BCUT2D eigenvalue weighted by atomic mass is 9.99. The normalized spacial score (nSPS) is 21.8. The van der Waals surface area contributed by atoms with Gasteiger partial charge < -0.3 is 19.5 Å². The number of piperidine rings is 1. The Kier molecular flexibility index (Phi) is 9.54. The Labute approximate surface area is 233 Å². The first-order valence-electron chi connectivity index (χ1n) is 13.8. The summed E-state index contributed by atoms with van der Waals surface area (Å²) in [6.45, 7) is 9.58. The van der Waals surface area contributed by atoms with Crippen molar-refractivity contribution in [1.29, 1.82) is 0 Å². The van der Waals surface area contributed by atoms with Crippen LogP contribution in [0.25, 0.3) is 0 Å². The number of carbonyl (C=O) groups excluding carboxylic acids is 5. The van der Waals surface area contributed by atoms with E-state index < -0.39 is 41.4 Å². The van der Waals surface area contributed by atoms with Crippen molar-refractivity contribution in [2.45, 2.75) is 64.2 Å². The van der Waals surface area contributed by atoms with Gasteiger partial charge in [-0.1, -0.05) is 12.1 Å². The molecule has 0 saturated carbocycles. The van der Waals surface area contributed by atoms with Gasteiger partial charge in [-0.15, -0.1) is 0 Å². The molecule has 1 unspecified atom stereocenters. The third kappa shape index (κ3) is 7.43. The van der Waals surface area contributed by atoms with E-state index in [2.05, 4.69) is 15.5 Å². The molecule has 2 fully saturated rings. The summed E-state index contributed by atoms with van der Waals surface area (Å²) in [6, 6.07) is 4.17. The van der Waals surface area contributed by atoms with E-state index in [-0.39, 0.29) is 24.5 Å². The van der Waals surface area contributed by atoms with Gasteiger partial charge in [0, 0.05) is 39.2 Å². The van der Waals surface area contributed by atoms with Crippen LogP contribution in [0.2, 0.25) is 0 Å². The van der Waals surface area contributed by atoms with Crippen molar-refractivity contribution < 1.29 is 38.2 Å². The van der Waals surface area contributed by atoms with Gasteiger partial charge in [-0.2, -0.15) is 0 Å². The standard InChI is InChI=1S/C28H38N4O8/c1-28(2,3)40-27(37)29-16-19-17-31(12-15-39-19)11-14-38-13-5-7-18-6-4-8-20-23(18)26(36)32(25(20)35)21-9-10-22(33)30-24(21)34/h4,6,8,19,21H,5,7,9-17H2,1-3H3,(H,29,37)(H,30,33,34)/t19-,21?/m0/s1. The average molecular weight is 559 g/mol. The third-order valence-electron chi connectivity index (χ3n) is 6.94. The zero-order valence-electron chi connectivity index (χ0n) is 23.3. The van der Waals surface area contributed by atoms with Crippen LogP contribution >= 0.6 is 0 Å². The first kappa shape index (κ1) is 29.6. The molecule has 2 atom stereocenters. The molecule has 2 saturated heterocycles. The Bertz CT molecular complexity index is 1150. The molecule has 218 valence electrons. The van der Waals surface area contributed by atoms with Crippen LogP contribution in [0.5, 0.6) is 0 Å². The Morgan fingerprint density at radius 2 is 1.95 bits per heavy atom.